The van der Waals surface area contributed by atoms with Gasteiger partial charge in [0.1, 0.15) is 5.75 Å². The van der Waals surface area contributed by atoms with Gasteiger partial charge in [0, 0.05) is 11.8 Å². The molecule has 0 aliphatic carbocycles. The van der Waals surface area contributed by atoms with Crippen molar-refractivity contribution in [2.75, 3.05) is 19.7 Å². The van der Waals surface area contributed by atoms with E-state index in [1.54, 1.807) is 0 Å². The molecule has 0 unspecified atom stereocenters. The van der Waals surface area contributed by atoms with E-state index in [2.05, 4.69) is 36.2 Å². The molecule has 0 spiro atoms. The first-order chi connectivity index (χ1) is 8.92. The van der Waals surface area contributed by atoms with E-state index in [9.17, 15) is 0 Å². The van der Waals surface area contributed by atoms with E-state index in [1.807, 2.05) is 24.3 Å². The van der Waals surface area contributed by atoms with Crippen molar-refractivity contribution in [2.45, 2.75) is 6.42 Å². The number of nitrogens with two attached hydrogens (primary N) is 1. The zero-order chi connectivity index (χ0) is 12.6. The molecule has 0 amide bonds. The molecule has 0 bridgehead atoms. The average Bonchev–Trinajstić information content (AvgIpc) is 2.43. The summed E-state index contributed by atoms with van der Waals surface area (Å²) in [5.74, 6) is 0.983. The largest absolute Gasteiger partial charge is 0.493 e. The molecule has 2 aromatic carbocycles. The standard InChI is InChI=1S/C16H19NO/c1-2-11-17-12-6-13-18-16-10-5-8-14-7-3-4-9-15(14)16/h2-5,7-10,17H,1,6,11-13H2/p+1. The number of rotatable bonds is 7. The van der Waals surface area contributed by atoms with Crippen LogP contribution >= 0.6 is 0 Å². The van der Waals surface area contributed by atoms with Gasteiger partial charge in [0.05, 0.1) is 19.7 Å². The van der Waals surface area contributed by atoms with Crippen LogP contribution in [-0.2, 0) is 0 Å². The van der Waals surface area contributed by atoms with Crippen LogP contribution in [0.3, 0.4) is 0 Å². The van der Waals surface area contributed by atoms with Crippen molar-refractivity contribution in [2.24, 2.45) is 0 Å². The van der Waals surface area contributed by atoms with Gasteiger partial charge in [0.2, 0.25) is 0 Å². The molecule has 2 N–H and O–H groups in total. The topological polar surface area (TPSA) is 25.8 Å². The van der Waals surface area contributed by atoms with Gasteiger partial charge in [-0.15, -0.1) is 0 Å². The molecule has 0 saturated carbocycles. The molecule has 18 heavy (non-hydrogen) atoms. The summed E-state index contributed by atoms with van der Waals surface area (Å²) in [6.45, 7) is 6.52. The fraction of sp³-hybridized carbons (Fsp3) is 0.250. The summed E-state index contributed by atoms with van der Waals surface area (Å²) in [7, 11) is 0. The molecule has 0 aliphatic heterocycles. The van der Waals surface area contributed by atoms with Crippen molar-refractivity contribution in [3.63, 3.8) is 0 Å². The predicted octanol–water partition coefficient (Wildman–Crippen LogP) is 2.36. The molecule has 2 heteroatoms. The molecule has 2 aromatic rings. The van der Waals surface area contributed by atoms with E-state index >= 15 is 0 Å². The molecule has 94 valence electrons. The van der Waals surface area contributed by atoms with Gasteiger partial charge >= 0.3 is 0 Å². The van der Waals surface area contributed by atoms with Gasteiger partial charge in [0.15, 0.2) is 0 Å². The first kappa shape index (κ1) is 12.7. The summed E-state index contributed by atoms with van der Waals surface area (Å²) in [6.07, 6.45) is 2.97. The summed E-state index contributed by atoms with van der Waals surface area (Å²) in [4.78, 5) is 0. The van der Waals surface area contributed by atoms with Crippen molar-refractivity contribution in [1.82, 2.24) is 0 Å². The maximum Gasteiger partial charge on any atom is 0.127 e. The number of hydrogen-bond donors (Lipinski definition) is 1. The van der Waals surface area contributed by atoms with Crippen molar-refractivity contribution in [1.29, 1.82) is 0 Å². The van der Waals surface area contributed by atoms with Gasteiger partial charge in [-0.2, -0.15) is 0 Å². The van der Waals surface area contributed by atoms with E-state index < -0.39 is 0 Å². The van der Waals surface area contributed by atoms with Crippen LogP contribution in [0.4, 0.5) is 0 Å². The highest BCUT2D eigenvalue weighted by Gasteiger charge is 2.00. The van der Waals surface area contributed by atoms with E-state index in [1.165, 1.54) is 10.8 Å². The van der Waals surface area contributed by atoms with Crippen LogP contribution in [0.15, 0.2) is 55.1 Å². The molecule has 2 rings (SSSR count). The molecule has 0 saturated heterocycles. The molecule has 0 aliphatic rings. The number of hydrogen-bond acceptors (Lipinski definition) is 1. The minimum Gasteiger partial charge on any atom is -0.493 e. The monoisotopic (exact) mass is 242 g/mol. The summed E-state index contributed by atoms with van der Waals surface area (Å²) >= 11 is 0. The highest BCUT2D eigenvalue weighted by Crippen LogP contribution is 2.24. The lowest BCUT2D eigenvalue weighted by Crippen LogP contribution is -2.84. The Hall–Kier alpha value is -1.80. The SMILES string of the molecule is C=CC[NH2+]CCCOc1cccc2ccccc12. The maximum atomic E-state index is 5.85. The molecule has 0 aromatic heterocycles. The Labute approximate surface area is 108 Å². The number of ether oxygens (including phenoxy) is 1. The Morgan fingerprint density at radius 2 is 1.94 bits per heavy atom. The van der Waals surface area contributed by atoms with Crippen molar-refractivity contribution in [3.8, 4) is 5.75 Å². The molecule has 0 radical (unpaired) electrons. The fourth-order valence-corrected chi connectivity index (χ4v) is 1.97. The lowest BCUT2D eigenvalue weighted by Gasteiger charge is -2.08. The van der Waals surface area contributed by atoms with Crippen LogP contribution in [-0.4, -0.2) is 19.7 Å². The van der Waals surface area contributed by atoms with E-state index in [4.69, 9.17) is 4.74 Å². The second-order valence-electron chi connectivity index (χ2n) is 4.28. The molecule has 0 heterocycles. The third kappa shape index (κ3) is 3.34. The Balaban J connectivity index is 1.89. The predicted molar refractivity (Wildman–Crippen MR) is 75.9 cm³/mol. The van der Waals surface area contributed by atoms with Crippen LogP contribution < -0.4 is 10.1 Å². The minimum absolute atomic E-state index is 0.766. The van der Waals surface area contributed by atoms with E-state index in [-0.39, 0.29) is 0 Å². The number of quaternary nitrogens is 1. The van der Waals surface area contributed by atoms with Crippen molar-refractivity contribution >= 4 is 10.8 Å². The smallest absolute Gasteiger partial charge is 0.127 e. The minimum atomic E-state index is 0.766. The first-order valence-corrected chi connectivity index (χ1v) is 6.45. The van der Waals surface area contributed by atoms with Crippen molar-refractivity contribution in [3.05, 3.63) is 55.1 Å². The van der Waals surface area contributed by atoms with Crippen molar-refractivity contribution < 1.29 is 10.1 Å². The lowest BCUT2D eigenvalue weighted by atomic mass is 10.1. The zero-order valence-electron chi connectivity index (χ0n) is 10.6. The van der Waals surface area contributed by atoms with Gasteiger partial charge in [-0.3, -0.25) is 0 Å². The Kier molecular flexibility index (Phi) is 4.79. The highest BCUT2D eigenvalue weighted by molar-refractivity contribution is 5.88. The van der Waals surface area contributed by atoms with Gasteiger partial charge in [0.25, 0.3) is 0 Å². The lowest BCUT2D eigenvalue weighted by molar-refractivity contribution is -0.646. The third-order valence-corrected chi connectivity index (χ3v) is 2.89. The normalized spacial score (nSPS) is 10.4. The molecule has 0 atom stereocenters. The molecule has 0 fully saturated rings. The maximum absolute atomic E-state index is 5.85. The van der Waals surface area contributed by atoms with Crippen LogP contribution in [0.2, 0.25) is 0 Å². The molecular formula is C16H20NO+. The zero-order valence-corrected chi connectivity index (χ0v) is 10.6. The van der Waals surface area contributed by atoms with Crippen LogP contribution in [0.1, 0.15) is 6.42 Å². The summed E-state index contributed by atoms with van der Waals surface area (Å²) in [5, 5.41) is 4.66. The molecule has 2 nitrogen and oxygen atoms in total. The van der Waals surface area contributed by atoms with Gasteiger partial charge in [-0.05, 0) is 17.5 Å². The Bertz CT molecular complexity index is 502. The summed E-state index contributed by atoms with van der Waals surface area (Å²) in [6, 6.07) is 14.5. The first-order valence-electron chi connectivity index (χ1n) is 6.45. The highest BCUT2D eigenvalue weighted by atomic mass is 16.5. The van der Waals surface area contributed by atoms with Crippen LogP contribution in [0.25, 0.3) is 10.8 Å². The van der Waals surface area contributed by atoms with Crippen LogP contribution in [0.5, 0.6) is 5.75 Å². The second kappa shape index (κ2) is 6.82. The summed E-state index contributed by atoms with van der Waals surface area (Å²) in [5.41, 5.74) is 0. The fourth-order valence-electron chi connectivity index (χ4n) is 1.97. The van der Waals surface area contributed by atoms with Gasteiger partial charge < -0.3 is 10.1 Å². The van der Waals surface area contributed by atoms with Gasteiger partial charge in [-0.25, -0.2) is 0 Å². The Morgan fingerprint density at radius 3 is 2.83 bits per heavy atom. The van der Waals surface area contributed by atoms with Gasteiger partial charge in [-0.1, -0.05) is 43.0 Å². The van der Waals surface area contributed by atoms with Crippen LogP contribution in [0, 0.1) is 0 Å². The second-order valence-corrected chi connectivity index (χ2v) is 4.28. The Morgan fingerprint density at radius 1 is 1.11 bits per heavy atom. The number of fused-ring (bicyclic) bond motifs is 1. The average molecular weight is 242 g/mol. The quantitative estimate of drug-likeness (QED) is 0.585. The van der Waals surface area contributed by atoms with E-state index in [0.717, 1.165) is 31.9 Å². The van der Waals surface area contributed by atoms with E-state index in [0.29, 0.717) is 0 Å². The molecular weight excluding hydrogens is 222 g/mol. The summed E-state index contributed by atoms with van der Waals surface area (Å²) < 4.78 is 5.85. The number of benzene rings is 2. The third-order valence-electron chi connectivity index (χ3n) is 2.89.